The van der Waals surface area contributed by atoms with Crippen molar-refractivity contribution in [1.29, 1.82) is 0 Å². The highest BCUT2D eigenvalue weighted by Crippen LogP contribution is 2.22. The summed E-state index contributed by atoms with van der Waals surface area (Å²) in [5.41, 5.74) is 0.823. The normalized spacial score (nSPS) is 18.8. The molecule has 0 aromatic heterocycles. The van der Waals surface area contributed by atoms with E-state index < -0.39 is 24.5 Å². The average molecular weight is 388 g/mol. The summed E-state index contributed by atoms with van der Waals surface area (Å²) in [6, 6.07) is 12.9. The Labute approximate surface area is 161 Å². The van der Waals surface area contributed by atoms with E-state index in [2.05, 4.69) is 9.47 Å². The second-order valence-corrected chi connectivity index (χ2v) is 5.75. The molecular weight excluding hydrogens is 368 g/mol. The van der Waals surface area contributed by atoms with Gasteiger partial charge in [-0.25, -0.2) is 9.59 Å². The van der Waals surface area contributed by atoms with Gasteiger partial charge in [0.25, 0.3) is 12.6 Å². The smallest absolute Gasteiger partial charge is 0.337 e. The molecule has 0 aliphatic carbocycles. The van der Waals surface area contributed by atoms with E-state index in [1.807, 2.05) is 0 Å². The molecular formula is C20H20O8. The summed E-state index contributed by atoms with van der Waals surface area (Å²) < 4.78 is 32.1. The van der Waals surface area contributed by atoms with Gasteiger partial charge in [0.05, 0.1) is 38.6 Å². The Balaban J connectivity index is 1.65. The average Bonchev–Trinajstić information content (AvgIpc) is 2.75. The van der Waals surface area contributed by atoms with Gasteiger partial charge in [-0.1, -0.05) is 0 Å². The number of ether oxygens (including phenoxy) is 6. The Hall–Kier alpha value is -3.10. The Morgan fingerprint density at radius 1 is 0.714 bits per heavy atom. The van der Waals surface area contributed by atoms with Crippen LogP contribution in [0.4, 0.5) is 0 Å². The lowest BCUT2D eigenvalue weighted by Gasteiger charge is -2.31. The van der Waals surface area contributed by atoms with Crippen molar-refractivity contribution in [3.8, 4) is 11.5 Å². The molecule has 0 unspecified atom stereocenters. The van der Waals surface area contributed by atoms with Crippen LogP contribution in [0.5, 0.6) is 11.5 Å². The van der Waals surface area contributed by atoms with Crippen molar-refractivity contribution in [3.63, 3.8) is 0 Å². The van der Waals surface area contributed by atoms with E-state index in [0.717, 1.165) is 0 Å². The first-order valence-electron chi connectivity index (χ1n) is 8.54. The zero-order chi connectivity index (χ0) is 19.9. The highest BCUT2D eigenvalue weighted by atomic mass is 16.8. The third kappa shape index (κ3) is 4.79. The van der Waals surface area contributed by atoms with Crippen LogP contribution < -0.4 is 9.47 Å². The largest absolute Gasteiger partial charge is 0.465 e. The number of hydrogen-bond acceptors (Lipinski definition) is 8. The Bertz CT molecular complexity index is 730. The molecule has 0 spiro atoms. The molecule has 8 nitrogen and oxygen atoms in total. The van der Waals surface area contributed by atoms with E-state index in [0.29, 0.717) is 35.8 Å². The number of carbonyl (C=O) groups is 2. The summed E-state index contributed by atoms with van der Waals surface area (Å²) in [4.78, 5) is 23.0. The Kier molecular flexibility index (Phi) is 6.46. The first-order valence-corrected chi connectivity index (χ1v) is 8.54. The van der Waals surface area contributed by atoms with Crippen molar-refractivity contribution in [1.82, 2.24) is 0 Å². The molecule has 1 aliphatic heterocycles. The molecule has 1 heterocycles. The summed E-state index contributed by atoms with van der Waals surface area (Å²) in [7, 11) is 2.64. The van der Waals surface area contributed by atoms with Crippen molar-refractivity contribution in [3.05, 3.63) is 59.7 Å². The third-order valence-electron chi connectivity index (χ3n) is 3.93. The Morgan fingerprint density at radius 2 is 1.07 bits per heavy atom. The van der Waals surface area contributed by atoms with Crippen LogP contribution in [-0.2, 0) is 18.9 Å². The minimum Gasteiger partial charge on any atom is -0.465 e. The van der Waals surface area contributed by atoms with Gasteiger partial charge < -0.3 is 28.4 Å². The van der Waals surface area contributed by atoms with Gasteiger partial charge in [-0.2, -0.15) is 0 Å². The molecule has 0 amide bonds. The van der Waals surface area contributed by atoms with Crippen molar-refractivity contribution >= 4 is 11.9 Å². The zero-order valence-corrected chi connectivity index (χ0v) is 15.5. The van der Waals surface area contributed by atoms with Crippen LogP contribution >= 0.6 is 0 Å². The van der Waals surface area contributed by atoms with E-state index >= 15 is 0 Å². The summed E-state index contributed by atoms with van der Waals surface area (Å²) in [5, 5.41) is 0. The number of carbonyl (C=O) groups excluding carboxylic acids is 2. The lowest BCUT2D eigenvalue weighted by molar-refractivity contribution is -0.271. The predicted molar refractivity (Wildman–Crippen MR) is 96.3 cm³/mol. The summed E-state index contributed by atoms with van der Waals surface area (Å²) in [6.45, 7) is 0.706. The van der Waals surface area contributed by atoms with Crippen LogP contribution in [0, 0.1) is 0 Å². The molecule has 0 bridgehead atoms. The molecule has 0 N–H and O–H groups in total. The van der Waals surface area contributed by atoms with Crippen LogP contribution in [0.3, 0.4) is 0 Å². The molecule has 0 saturated carbocycles. The topological polar surface area (TPSA) is 89.5 Å². The standard InChI is InChI=1S/C20H20O8/c1-23-17(21)13-3-7-15(8-4-13)27-19-20(26-12-11-25-19)28-16-9-5-14(6-10-16)18(22)24-2/h3-10,19-20H,11-12H2,1-2H3/t19-,20-/m0/s1. The maximum Gasteiger partial charge on any atom is 0.337 e. The van der Waals surface area contributed by atoms with E-state index in [4.69, 9.17) is 18.9 Å². The lowest BCUT2D eigenvalue weighted by Crippen LogP contribution is -2.45. The third-order valence-corrected chi connectivity index (χ3v) is 3.93. The molecule has 1 fully saturated rings. The zero-order valence-electron chi connectivity index (χ0n) is 15.5. The molecule has 2 atom stereocenters. The van der Waals surface area contributed by atoms with Crippen molar-refractivity contribution in [2.24, 2.45) is 0 Å². The second kappa shape index (κ2) is 9.20. The highest BCUT2D eigenvalue weighted by Gasteiger charge is 2.31. The van der Waals surface area contributed by atoms with Gasteiger partial charge in [-0.05, 0) is 48.5 Å². The van der Waals surface area contributed by atoms with E-state index in [1.165, 1.54) is 14.2 Å². The van der Waals surface area contributed by atoms with Gasteiger partial charge in [0.2, 0.25) is 0 Å². The number of benzene rings is 2. The van der Waals surface area contributed by atoms with Gasteiger partial charge in [0.15, 0.2) is 0 Å². The molecule has 0 radical (unpaired) electrons. The SMILES string of the molecule is COC(=O)c1ccc(O[C@@H]2OCCO[C@H]2Oc2ccc(C(=O)OC)cc2)cc1. The van der Waals surface area contributed by atoms with Crippen molar-refractivity contribution in [2.45, 2.75) is 12.6 Å². The first-order chi connectivity index (χ1) is 13.6. The first kappa shape index (κ1) is 19.7. The number of rotatable bonds is 6. The van der Waals surface area contributed by atoms with E-state index in [1.54, 1.807) is 48.5 Å². The van der Waals surface area contributed by atoms with Gasteiger partial charge in [0, 0.05) is 0 Å². The Morgan fingerprint density at radius 3 is 1.39 bits per heavy atom. The molecule has 2 aromatic carbocycles. The number of methoxy groups -OCH3 is 2. The minimum absolute atomic E-state index is 0.353. The van der Waals surface area contributed by atoms with Gasteiger partial charge >= 0.3 is 11.9 Å². The summed E-state index contributed by atoms with van der Waals surface area (Å²) >= 11 is 0. The van der Waals surface area contributed by atoms with Crippen LogP contribution in [-0.4, -0.2) is 52.0 Å². The van der Waals surface area contributed by atoms with Gasteiger partial charge in [0.1, 0.15) is 11.5 Å². The molecule has 1 aliphatic rings. The molecule has 148 valence electrons. The predicted octanol–water partition coefficient (Wildman–Crippen LogP) is 2.42. The fourth-order valence-electron chi connectivity index (χ4n) is 2.51. The summed E-state index contributed by atoms with van der Waals surface area (Å²) in [6.07, 6.45) is -1.61. The quantitative estimate of drug-likeness (QED) is 0.697. The lowest BCUT2D eigenvalue weighted by atomic mass is 10.2. The number of esters is 2. The van der Waals surface area contributed by atoms with Gasteiger partial charge in [-0.15, -0.1) is 0 Å². The molecule has 1 saturated heterocycles. The summed E-state index contributed by atoms with van der Waals surface area (Å²) in [5.74, 6) is 0.108. The van der Waals surface area contributed by atoms with E-state index in [9.17, 15) is 9.59 Å². The maximum atomic E-state index is 11.5. The minimum atomic E-state index is -0.807. The van der Waals surface area contributed by atoms with Gasteiger partial charge in [-0.3, -0.25) is 0 Å². The fraction of sp³-hybridized carbons (Fsp3) is 0.300. The monoisotopic (exact) mass is 388 g/mol. The maximum absolute atomic E-state index is 11.5. The van der Waals surface area contributed by atoms with Crippen molar-refractivity contribution < 1.29 is 38.0 Å². The van der Waals surface area contributed by atoms with Crippen LogP contribution in [0.25, 0.3) is 0 Å². The van der Waals surface area contributed by atoms with Crippen LogP contribution in [0.2, 0.25) is 0 Å². The van der Waals surface area contributed by atoms with Crippen molar-refractivity contribution in [2.75, 3.05) is 27.4 Å². The second-order valence-electron chi connectivity index (χ2n) is 5.75. The molecule has 3 rings (SSSR count). The van der Waals surface area contributed by atoms with E-state index in [-0.39, 0.29) is 0 Å². The van der Waals surface area contributed by atoms with Crippen LogP contribution in [0.15, 0.2) is 48.5 Å². The number of hydrogen-bond donors (Lipinski definition) is 0. The fourth-order valence-corrected chi connectivity index (χ4v) is 2.51. The molecule has 2 aromatic rings. The molecule has 8 heteroatoms. The molecule has 28 heavy (non-hydrogen) atoms. The highest BCUT2D eigenvalue weighted by molar-refractivity contribution is 5.89. The van der Waals surface area contributed by atoms with Crippen LogP contribution in [0.1, 0.15) is 20.7 Å².